The van der Waals surface area contributed by atoms with E-state index in [0.29, 0.717) is 17.6 Å². The van der Waals surface area contributed by atoms with E-state index in [9.17, 15) is 9.18 Å². The van der Waals surface area contributed by atoms with E-state index in [1.807, 2.05) is 0 Å². The van der Waals surface area contributed by atoms with Gasteiger partial charge in [0, 0.05) is 30.2 Å². The Morgan fingerprint density at radius 3 is 2.31 bits per heavy atom. The van der Waals surface area contributed by atoms with Crippen molar-refractivity contribution in [1.29, 1.82) is 0 Å². The second-order valence-corrected chi connectivity index (χ2v) is 7.55. The zero-order valence-corrected chi connectivity index (χ0v) is 14.9. The van der Waals surface area contributed by atoms with E-state index in [0.717, 1.165) is 19.4 Å². The summed E-state index contributed by atoms with van der Waals surface area (Å²) in [5, 5.41) is 3.18. The summed E-state index contributed by atoms with van der Waals surface area (Å²) in [6.07, 6.45) is 5.67. The van der Waals surface area contributed by atoms with E-state index in [1.165, 1.54) is 37.0 Å². The lowest BCUT2D eigenvalue weighted by atomic mass is 9.81. The second-order valence-electron chi connectivity index (χ2n) is 7.55. The molecule has 2 saturated heterocycles. The monoisotopic (exact) mass is 352 g/mol. The Balaban J connectivity index is 1.41. The van der Waals surface area contributed by atoms with E-state index in [-0.39, 0.29) is 17.8 Å². The van der Waals surface area contributed by atoms with Crippen LogP contribution in [0.4, 0.5) is 4.39 Å². The van der Waals surface area contributed by atoms with Crippen molar-refractivity contribution < 1.29 is 9.18 Å². The van der Waals surface area contributed by atoms with Crippen molar-refractivity contribution in [3.05, 3.63) is 71.5 Å². The van der Waals surface area contributed by atoms with E-state index < -0.39 is 0 Å². The van der Waals surface area contributed by atoms with Gasteiger partial charge in [0.25, 0.3) is 5.91 Å². The maximum absolute atomic E-state index is 13.0. The van der Waals surface area contributed by atoms with Crippen LogP contribution < -0.4 is 5.32 Å². The largest absolute Gasteiger partial charge is 0.349 e. The van der Waals surface area contributed by atoms with Crippen LogP contribution in [0.3, 0.4) is 0 Å². The zero-order chi connectivity index (χ0) is 17.9. The van der Waals surface area contributed by atoms with Gasteiger partial charge >= 0.3 is 0 Å². The van der Waals surface area contributed by atoms with Crippen molar-refractivity contribution >= 4 is 5.91 Å². The molecule has 0 saturated carbocycles. The topological polar surface area (TPSA) is 32.3 Å². The summed E-state index contributed by atoms with van der Waals surface area (Å²) in [5.41, 5.74) is 1.89. The summed E-state index contributed by atoms with van der Waals surface area (Å²) in [6, 6.07) is 17.7. The average Bonchev–Trinajstić information content (AvgIpc) is 2.64. The fourth-order valence-corrected chi connectivity index (χ4v) is 4.52. The van der Waals surface area contributed by atoms with Gasteiger partial charge in [0.2, 0.25) is 0 Å². The van der Waals surface area contributed by atoms with Crippen molar-refractivity contribution in [1.82, 2.24) is 10.2 Å². The van der Waals surface area contributed by atoms with Crippen LogP contribution in [-0.2, 0) is 6.54 Å². The number of rotatable bonds is 4. The molecule has 136 valence electrons. The second kappa shape index (κ2) is 7.58. The maximum atomic E-state index is 13.0. The van der Waals surface area contributed by atoms with Gasteiger partial charge in [-0.2, -0.15) is 0 Å². The molecular weight excluding hydrogens is 327 g/mol. The van der Waals surface area contributed by atoms with E-state index in [2.05, 4.69) is 40.5 Å². The molecule has 0 unspecified atom stereocenters. The Kier molecular flexibility index (Phi) is 5.02. The van der Waals surface area contributed by atoms with Gasteiger partial charge in [-0.1, -0.05) is 36.8 Å². The van der Waals surface area contributed by atoms with Crippen LogP contribution >= 0.6 is 0 Å². The smallest absolute Gasteiger partial charge is 0.251 e. The Morgan fingerprint density at radius 1 is 1.00 bits per heavy atom. The van der Waals surface area contributed by atoms with Gasteiger partial charge in [-0.3, -0.25) is 9.69 Å². The Bertz CT molecular complexity index is 732. The minimum atomic E-state index is -0.315. The van der Waals surface area contributed by atoms with Crippen LogP contribution in [0, 0.1) is 5.82 Å². The van der Waals surface area contributed by atoms with Gasteiger partial charge < -0.3 is 5.32 Å². The summed E-state index contributed by atoms with van der Waals surface area (Å²) < 4.78 is 13.0. The van der Waals surface area contributed by atoms with Gasteiger partial charge in [0.15, 0.2) is 0 Å². The van der Waals surface area contributed by atoms with Crippen LogP contribution in [0.2, 0.25) is 0 Å². The predicted octanol–water partition coefficient (Wildman–Crippen LogP) is 4.14. The normalized spacial score (nSPS) is 25.7. The molecule has 2 heterocycles. The fourth-order valence-electron chi connectivity index (χ4n) is 4.52. The molecule has 1 N–H and O–H groups in total. The number of amides is 1. The molecule has 0 radical (unpaired) electrons. The first kappa shape index (κ1) is 17.2. The third-order valence-corrected chi connectivity index (χ3v) is 5.78. The molecule has 2 aliphatic heterocycles. The lowest BCUT2D eigenvalue weighted by molar-refractivity contribution is 0.0177. The molecule has 2 atom stereocenters. The lowest BCUT2D eigenvalue weighted by Crippen LogP contribution is -2.56. The average molecular weight is 352 g/mol. The standard InChI is InChI=1S/C22H25FN2O/c23-18-11-9-17(10-12-18)22(26)24-19-13-20-7-4-8-21(14-19)25(20)15-16-5-2-1-3-6-16/h1-3,5-6,9-12,19-21H,4,7-8,13-15H2,(H,24,26)/t20-,21-/m1/s1. The highest BCUT2D eigenvalue weighted by Crippen LogP contribution is 2.35. The minimum Gasteiger partial charge on any atom is -0.349 e. The molecule has 0 aromatic heterocycles. The maximum Gasteiger partial charge on any atom is 0.251 e. The third kappa shape index (κ3) is 3.80. The van der Waals surface area contributed by atoms with E-state index in [1.54, 1.807) is 12.1 Å². The van der Waals surface area contributed by atoms with Gasteiger partial charge in [0.05, 0.1) is 0 Å². The lowest BCUT2D eigenvalue weighted by Gasteiger charge is -2.49. The Labute approximate surface area is 154 Å². The van der Waals surface area contributed by atoms with Crippen LogP contribution in [0.15, 0.2) is 54.6 Å². The molecule has 0 aliphatic carbocycles. The van der Waals surface area contributed by atoms with Gasteiger partial charge in [-0.15, -0.1) is 0 Å². The van der Waals surface area contributed by atoms with E-state index >= 15 is 0 Å². The van der Waals surface area contributed by atoms with Crippen molar-refractivity contribution in [2.45, 2.75) is 56.8 Å². The quantitative estimate of drug-likeness (QED) is 0.897. The molecule has 3 nitrogen and oxygen atoms in total. The summed E-state index contributed by atoms with van der Waals surface area (Å²) >= 11 is 0. The highest BCUT2D eigenvalue weighted by Gasteiger charge is 2.38. The number of hydrogen-bond donors (Lipinski definition) is 1. The molecule has 2 aromatic carbocycles. The molecule has 0 spiro atoms. The molecule has 2 fully saturated rings. The first-order chi connectivity index (χ1) is 12.7. The molecule has 4 rings (SSSR count). The molecule has 2 aromatic rings. The molecule has 4 heteroatoms. The first-order valence-electron chi connectivity index (χ1n) is 9.55. The van der Waals surface area contributed by atoms with Crippen LogP contribution in [0.25, 0.3) is 0 Å². The van der Waals surface area contributed by atoms with Crippen LogP contribution in [0.5, 0.6) is 0 Å². The molecule has 2 bridgehead atoms. The summed E-state index contributed by atoms with van der Waals surface area (Å²) in [7, 11) is 0. The number of nitrogens with one attached hydrogen (secondary N) is 1. The van der Waals surface area contributed by atoms with Crippen molar-refractivity contribution in [2.24, 2.45) is 0 Å². The van der Waals surface area contributed by atoms with Crippen molar-refractivity contribution in [2.75, 3.05) is 0 Å². The van der Waals surface area contributed by atoms with Gasteiger partial charge in [-0.05, 0) is 55.5 Å². The summed E-state index contributed by atoms with van der Waals surface area (Å²) in [6.45, 7) is 0.995. The molecular formula is C22H25FN2O. The number of piperidine rings is 2. The number of hydrogen-bond acceptors (Lipinski definition) is 2. The van der Waals surface area contributed by atoms with Crippen LogP contribution in [-0.4, -0.2) is 28.9 Å². The van der Waals surface area contributed by atoms with Gasteiger partial charge in [-0.25, -0.2) is 4.39 Å². The molecule has 1 amide bonds. The fraction of sp³-hybridized carbons (Fsp3) is 0.409. The summed E-state index contributed by atoms with van der Waals surface area (Å²) in [5.74, 6) is -0.408. The number of nitrogens with zero attached hydrogens (tertiary/aromatic N) is 1. The number of fused-ring (bicyclic) bond motifs is 2. The minimum absolute atomic E-state index is 0.0930. The highest BCUT2D eigenvalue weighted by atomic mass is 19.1. The van der Waals surface area contributed by atoms with Crippen molar-refractivity contribution in [3.63, 3.8) is 0 Å². The SMILES string of the molecule is O=C(NC1C[C@H]2CCC[C@H](C1)N2Cc1ccccc1)c1ccc(F)cc1. The van der Waals surface area contributed by atoms with E-state index in [4.69, 9.17) is 0 Å². The van der Waals surface area contributed by atoms with Crippen LogP contribution in [0.1, 0.15) is 48.0 Å². The summed E-state index contributed by atoms with van der Waals surface area (Å²) in [4.78, 5) is 15.1. The first-order valence-corrected chi connectivity index (χ1v) is 9.55. The number of benzene rings is 2. The molecule has 26 heavy (non-hydrogen) atoms. The predicted molar refractivity (Wildman–Crippen MR) is 100 cm³/mol. The number of carbonyl (C=O) groups excluding carboxylic acids is 1. The van der Waals surface area contributed by atoms with Gasteiger partial charge in [0.1, 0.15) is 5.82 Å². The van der Waals surface area contributed by atoms with Crippen molar-refractivity contribution in [3.8, 4) is 0 Å². The Morgan fingerprint density at radius 2 is 1.65 bits per heavy atom. The third-order valence-electron chi connectivity index (χ3n) is 5.78. The Hall–Kier alpha value is -2.20. The zero-order valence-electron chi connectivity index (χ0n) is 14.9. The highest BCUT2D eigenvalue weighted by molar-refractivity contribution is 5.94. The number of carbonyl (C=O) groups is 1. The molecule has 2 aliphatic rings. The number of halogens is 1.